The van der Waals surface area contributed by atoms with Gasteiger partial charge in [-0.1, -0.05) is 60.7 Å². The second-order valence-corrected chi connectivity index (χ2v) is 5.58. The highest BCUT2D eigenvalue weighted by Gasteiger charge is 2.43. The first-order chi connectivity index (χ1) is 10.7. The van der Waals surface area contributed by atoms with E-state index in [1.165, 1.54) is 0 Å². The molecule has 1 fully saturated rings. The van der Waals surface area contributed by atoms with Crippen LogP contribution in [0.15, 0.2) is 65.7 Å². The van der Waals surface area contributed by atoms with Gasteiger partial charge < -0.3 is 10.4 Å². The highest BCUT2D eigenvalue weighted by atomic mass is 16.4. The van der Waals surface area contributed by atoms with Crippen molar-refractivity contribution < 1.29 is 9.90 Å². The Morgan fingerprint density at radius 2 is 1.50 bits per heavy atom. The lowest BCUT2D eigenvalue weighted by atomic mass is 10.0. The molecule has 0 bridgehead atoms. The van der Waals surface area contributed by atoms with Gasteiger partial charge in [0, 0.05) is 17.7 Å². The summed E-state index contributed by atoms with van der Waals surface area (Å²) < 4.78 is 0. The van der Waals surface area contributed by atoms with Gasteiger partial charge in [0.25, 0.3) is 0 Å². The summed E-state index contributed by atoms with van der Waals surface area (Å²) in [6.07, 6.45) is 0.829. The third-order valence-electron chi connectivity index (χ3n) is 3.84. The Bertz CT molecular complexity index is 635. The summed E-state index contributed by atoms with van der Waals surface area (Å²) >= 11 is 0. The van der Waals surface area contributed by atoms with Crippen LogP contribution in [0.3, 0.4) is 0 Å². The zero-order valence-electron chi connectivity index (χ0n) is 12.2. The molecular weight excluding hydrogens is 276 g/mol. The van der Waals surface area contributed by atoms with E-state index in [1.807, 2.05) is 60.7 Å². The Labute approximate surface area is 129 Å². The number of hydrogen-bond donors (Lipinski definition) is 2. The quantitative estimate of drug-likeness (QED) is 0.831. The van der Waals surface area contributed by atoms with Crippen molar-refractivity contribution in [2.75, 3.05) is 6.54 Å². The molecule has 0 saturated heterocycles. The van der Waals surface area contributed by atoms with Crippen molar-refractivity contribution >= 4 is 11.8 Å². The highest BCUT2D eigenvalue weighted by molar-refractivity contribution is 6.13. The lowest BCUT2D eigenvalue weighted by Gasteiger charge is -2.14. The molecule has 0 heterocycles. The summed E-state index contributed by atoms with van der Waals surface area (Å²) in [5, 5.41) is 11.3. The van der Waals surface area contributed by atoms with Crippen molar-refractivity contribution in [3.63, 3.8) is 0 Å². The number of carbonyl (C=O) groups is 1. The summed E-state index contributed by atoms with van der Waals surface area (Å²) in [5.41, 5.74) is 2.73. The zero-order chi connectivity index (χ0) is 15.4. The first-order valence-electron chi connectivity index (χ1n) is 7.36. The molecule has 1 aliphatic carbocycles. The number of rotatable bonds is 5. The van der Waals surface area contributed by atoms with Crippen LogP contribution < -0.4 is 5.32 Å². The van der Waals surface area contributed by atoms with Gasteiger partial charge in [0.1, 0.15) is 0 Å². The molecule has 0 aromatic heterocycles. The summed E-state index contributed by atoms with van der Waals surface area (Å²) in [6.45, 7) is 0.367. The molecule has 3 rings (SSSR count). The van der Waals surface area contributed by atoms with E-state index in [9.17, 15) is 4.79 Å². The van der Waals surface area contributed by atoms with E-state index < -0.39 is 6.09 Å². The molecule has 4 nitrogen and oxygen atoms in total. The van der Waals surface area contributed by atoms with Crippen LogP contribution in [-0.4, -0.2) is 29.0 Å². The summed E-state index contributed by atoms with van der Waals surface area (Å²) in [7, 11) is 0. The number of nitrogens with zero attached hydrogens (tertiary/aromatic N) is 1. The second-order valence-electron chi connectivity index (χ2n) is 5.58. The number of aliphatic imine (C=N–C) groups is 1. The molecule has 112 valence electrons. The SMILES string of the molecule is O=C(O)NCC1(N=C(c2ccccc2)c2ccccc2)CC1. The normalized spacial score (nSPS) is 14.9. The van der Waals surface area contributed by atoms with Gasteiger partial charge in [0.2, 0.25) is 0 Å². The van der Waals surface area contributed by atoms with E-state index in [2.05, 4.69) is 5.32 Å². The van der Waals surface area contributed by atoms with Gasteiger partial charge in [-0.25, -0.2) is 4.79 Å². The molecule has 0 radical (unpaired) electrons. The van der Waals surface area contributed by atoms with Gasteiger partial charge >= 0.3 is 6.09 Å². The first-order valence-corrected chi connectivity index (χ1v) is 7.36. The van der Waals surface area contributed by atoms with Gasteiger partial charge in [0.15, 0.2) is 0 Å². The predicted octanol–water partition coefficient (Wildman–Crippen LogP) is 3.32. The molecule has 2 aromatic rings. The monoisotopic (exact) mass is 294 g/mol. The Morgan fingerprint density at radius 1 is 1.00 bits per heavy atom. The van der Waals surface area contributed by atoms with Crippen LogP contribution >= 0.6 is 0 Å². The molecule has 0 spiro atoms. The largest absolute Gasteiger partial charge is 0.465 e. The van der Waals surface area contributed by atoms with E-state index >= 15 is 0 Å². The highest BCUT2D eigenvalue weighted by Crippen LogP contribution is 2.40. The van der Waals surface area contributed by atoms with Crippen molar-refractivity contribution in [1.29, 1.82) is 0 Å². The minimum Gasteiger partial charge on any atom is -0.465 e. The number of benzene rings is 2. The van der Waals surface area contributed by atoms with E-state index in [-0.39, 0.29) is 5.54 Å². The minimum atomic E-state index is -0.998. The van der Waals surface area contributed by atoms with Gasteiger partial charge in [0.05, 0.1) is 11.3 Å². The molecule has 1 saturated carbocycles. The van der Waals surface area contributed by atoms with Crippen LogP contribution in [0.2, 0.25) is 0 Å². The summed E-state index contributed by atoms with van der Waals surface area (Å²) in [4.78, 5) is 15.7. The predicted molar refractivity (Wildman–Crippen MR) is 86.5 cm³/mol. The van der Waals surface area contributed by atoms with Crippen molar-refractivity contribution in [3.05, 3.63) is 71.8 Å². The topological polar surface area (TPSA) is 61.7 Å². The van der Waals surface area contributed by atoms with Crippen LogP contribution in [0, 0.1) is 0 Å². The van der Waals surface area contributed by atoms with E-state index in [4.69, 9.17) is 10.1 Å². The second kappa shape index (κ2) is 6.02. The van der Waals surface area contributed by atoms with Crippen molar-refractivity contribution in [3.8, 4) is 0 Å². The van der Waals surface area contributed by atoms with E-state index in [0.717, 1.165) is 29.7 Å². The van der Waals surface area contributed by atoms with E-state index in [0.29, 0.717) is 6.54 Å². The molecule has 4 heteroatoms. The average Bonchev–Trinajstić information content (AvgIpc) is 3.33. The Balaban J connectivity index is 1.96. The standard InChI is InChI=1S/C18H18N2O2/c21-17(22)19-13-18(11-12-18)20-16(14-7-3-1-4-8-14)15-9-5-2-6-10-15/h1-10,19H,11-13H2,(H,21,22). The molecule has 1 aliphatic rings. The fraction of sp³-hybridized carbons (Fsp3) is 0.222. The molecule has 22 heavy (non-hydrogen) atoms. The maximum Gasteiger partial charge on any atom is 0.404 e. The number of hydrogen-bond acceptors (Lipinski definition) is 2. The van der Waals surface area contributed by atoms with E-state index in [1.54, 1.807) is 0 Å². The molecule has 2 aromatic carbocycles. The molecule has 1 amide bonds. The lowest BCUT2D eigenvalue weighted by molar-refractivity contribution is 0.193. The number of nitrogens with one attached hydrogen (secondary N) is 1. The lowest BCUT2D eigenvalue weighted by Crippen LogP contribution is -2.32. The fourth-order valence-corrected chi connectivity index (χ4v) is 2.44. The first kappa shape index (κ1) is 14.3. The molecule has 2 N–H and O–H groups in total. The van der Waals surface area contributed by atoms with Gasteiger partial charge in [-0.3, -0.25) is 4.99 Å². The molecule has 0 unspecified atom stereocenters. The third-order valence-corrected chi connectivity index (χ3v) is 3.84. The minimum absolute atomic E-state index is 0.292. The molecular formula is C18H18N2O2. The van der Waals surface area contributed by atoms with Crippen molar-refractivity contribution in [2.45, 2.75) is 18.4 Å². The van der Waals surface area contributed by atoms with Gasteiger partial charge in [-0.05, 0) is 12.8 Å². The van der Waals surface area contributed by atoms with Gasteiger partial charge in [-0.15, -0.1) is 0 Å². The zero-order valence-corrected chi connectivity index (χ0v) is 12.2. The number of amides is 1. The molecule has 0 atom stereocenters. The Morgan fingerprint density at radius 3 is 1.91 bits per heavy atom. The maximum atomic E-state index is 10.7. The average molecular weight is 294 g/mol. The van der Waals surface area contributed by atoms with Crippen molar-refractivity contribution in [2.24, 2.45) is 4.99 Å². The Hall–Kier alpha value is -2.62. The van der Waals surface area contributed by atoms with Gasteiger partial charge in [-0.2, -0.15) is 0 Å². The van der Waals surface area contributed by atoms with Crippen LogP contribution in [0.25, 0.3) is 0 Å². The smallest absolute Gasteiger partial charge is 0.404 e. The van der Waals surface area contributed by atoms with Crippen LogP contribution in [0.5, 0.6) is 0 Å². The summed E-state index contributed by atoms with van der Waals surface area (Å²) in [6, 6.07) is 20.0. The fourth-order valence-electron chi connectivity index (χ4n) is 2.44. The van der Waals surface area contributed by atoms with Crippen molar-refractivity contribution in [1.82, 2.24) is 5.32 Å². The molecule has 0 aliphatic heterocycles. The number of carboxylic acid groups (broad SMARTS) is 1. The van der Waals surface area contributed by atoms with Crippen LogP contribution in [0.1, 0.15) is 24.0 Å². The van der Waals surface area contributed by atoms with Crippen LogP contribution in [-0.2, 0) is 0 Å². The van der Waals surface area contributed by atoms with Crippen LogP contribution in [0.4, 0.5) is 4.79 Å². The summed E-state index contributed by atoms with van der Waals surface area (Å²) in [5.74, 6) is 0. The Kier molecular flexibility index (Phi) is 3.92. The maximum absolute atomic E-state index is 10.7. The third kappa shape index (κ3) is 3.34.